The molecule has 1 saturated heterocycles. The zero-order valence-corrected chi connectivity index (χ0v) is 6.26. The van der Waals surface area contributed by atoms with Crippen molar-refractivity contribution in [3.63, 3.8) is 0 Å². The summed E-state index contributed by atoms with van der Waals surface area (Å²) in [5, 5.41) is 9.15. The molecule has 2 nitrogen and oxygen atoms in total. The number of aliphatic hydroxyl groups excluding tert-OH is 1. The van der Waals surface area contributed by atoms with E-state index in [9.17, 15) is 4.39 Å². The van der Waals surface area contributed by atoms with Crippen LogP contribution < -0.4 is 0 Å². The third kappa shape index (κ3) is 1.47. The summed E-state index contributed by atoms with van der Waals surface area (Å²) in [7, 11) is 0. The maximum Gasteiger partial charge on any atom is 0.143 e. The lowest BCUT2D eigenvalue weighted by Crippen LogP contribution is -2.36. The first-order chi connectivity index (χ1) is 4.75. The lowest BCUT2D eigenvalue weighted by atomic mass is 10.1. The maximum atomic E-state index is 12.1. The van der Waals surface area contributed by atoms with Crippen molar-refractivity contribution in [2.24, 2.45) is 0 Å². The monoisotopic (exact) mass is 147 g/mol. The molecule has 0 amide bonds. The number of aliphatic hydroxyl groups is 1. The highest BCUT2D eigenvalue weighted by Gasteiger charge is 2.27. The van der Waals surface area contributed by atoms with Gasteiger partial charge in [-0.05, 0) is 19.8 Å². The van der Waals surface area contributed by atoms with Crippen LogP contribution in [-0.2, 0) is 0 Å². The Balaban J connectivity index is 2.42. The lowest BCUT2D eigenvalue weighted by molar-refractivity contribution is 0.0623. The zero-order valence-electron chi connectivity index (χ0n) is 6.26. The summed E-state index contributed by atoms with van der Waals surface area (Å²) < 4.78 is 12.1. The summed E-state index contributed by atoms with van der Waals surface area (Å²) in [5.74, 6) is 0. The number of halogens is 1. The second kappa shape index (κ2) is 3.30. The van der Waals surface area contributed by atoms with Crippen molar-refractivity contribution >= 4 is 0 Å². The van der Waals surface area contributed by atoms with Crippen molar-refractivity contribution in [2.75, 3.05) is 13.3 Å². The molecule has 0 saturated carbocycles. The summed E-state index contributed by atoms with van der Waals surface area (Å²) >= 11 is 0. The summed E-state index contributed by atoms with van der Waals surface area (Å²) in [6, 6.07) is 0.0602. The van der Waals surface area contributed by atoms with Gasteiger partial charge in [-0.2, -0.15) is 0 Å². The van der Waals surface area contributed by atoms with E-state index in [2.05, 4.69) is 0 Å². The number of nitrogens with zero attached hydrogens (tertiary/aromatic N) is 1. The third-order valence-electron chi connectivity index (χ3n) is 2.12. The van der Waals surface area contributed by atoms with Crippen molar-refractivity contribution in [1.29, 1.82) is 0 Å². The van der Waals surface area contributed by atoms with Crippen molar-refractivity contribution in [3.8, 4) is 0 Å². The fourth-order valence-electron chi connectivity index (χ4n) is 1.55. The molecule has 2 unspecified atom stereocenters. The summed E-state index contributed by atoms with van der Waals surface area (Å²) in [6.07, 6.45) is 1.55. The molecule has 0 bridgehead atoms. The molecule has 1 aliphatic heterocycles. The molecule has 3 heteroatoms. The highest BCUT2D eigenvalue weighted by molar-refractivity contribution is 4.80. The van der Waals surface area contributed by atoms with E-state index in [0.717, 1.165) is 19.4 Å². The smallest absolute Gasteiger partial charge is 0.143 e. The van der Waals surface area contributed by atoms with E-state index in [0.29, 0.717) is 0 Å². The van der Waals surface area contributed by atoms with Gasteiger partial charge < -0.3 is 5.11 Å². The van der Waals surface area contributed by atoms with Crippen molar-refractivity contribution < 1.29 is 9.50 Å². The standard InChI is InChI=1S/C7H14FNO/c1-6(10)7-3-2-4-9(7)5-8/h6-7,10H,2-5H2,1H3. The predicted octanol–water partition coefficient (Wildman–Crippen LogP) is 0.759. The van der Waals surface area contributed by atoms with Crippen LogP contribution in [0.25, 0.3) is 0 Å². The fraction of sp³-hybridized carbons (Fsp3) is 1.00. The molecule has 0 spiro atoms. The predicted molar refractivity (Wildman–Crippen MR) is 37.4 cm³/mol. The molecular weight excluding hydrogens is 133 g/mol. The molecule has 1 aliphatic rings. The average Bonchev–Trinajstić information content (AvgIpc) is 2.33. The summed E-state index contributed by atoms with van der Waals surface area (Å²) in [4.78, 5) is 1.69. The van der Waals surface area contributed by atoms with Gasteiger partial charge in [-0.3, -0.25) is 4.90 Å². The van der Waals surface area contributed by atoms with Crippen LogP contribution in [0, 0.1) is 0 Å². The average molecular weight is 147 g/mol. The molecule has 0 radical (unpaired) electrons. The van der Waals surface area contributed by atoms with Gasteiger partial charge in [-0.15, -0.1) is 0 Å². The number of rotatable bonds is 2. The van der Waals surface area contributed by atoms with Crippen molar-refractivity contribution in [3.05, 3.63) is 0 Å². The molecule has 0 aromatic rings. The molecule has 1 heterocycles. The fourth-order valence-corrected chi connectivity index (χ4v) is 1.55. The lowest BCUT2D eigenvalue weighted by Gasteiger charge is -2.22. The van der Waals surface area contributed by atoms with Crippen LogP contribution >= 0.6 is 0 Å². The molecule has 10 heavy (non-hydrogen) atoms. The van der Waals surface area contributed by atoms with Gasteiger partial charge in [0.1, 0.15) is 6.80 Å². The zero-order chi connectivity index (χ0) is 7.56. The normalized spacial score (nSPS) is 30.9. The van der Waals surface area contributed by atoms with Crippen LogP contribution in [0.15, 0.2) is 0 Å². The highest BCUT2D eigenvalue weighted by atomic mass is 19.1. The first kappa shape index (κ1) is 7.95. The summed E-state index contributed by atoms with van der Waals surface area (Å²) in [5.41, 5.74) is 0. The van der Waals surface area contributed by atoms with Crippen LogP contribution in [-0.4, -0.2) is 35.5 Å². The molecule has 0 aromatic heterocycles. The first-order valence-corrected chi connectivity index (χ1v) is 3.74. The van der Waals surface area contributed by atoms with Crippen LogP contribution in [0.5, 0.6) is 0 Å². The van der Waals surface area contributed by atoms with Crippen LogP contribution in [0.2, 0.25) is 0 Å². The largest absolute Gasteiger partial charge is 0.392 e. The number of likely N-dealkylation sites (tertiary alicyclic amines) is 1. The van der Waals surface area contributed by atoms with Crippen molar-refractivity contribution in [1.82, 2.24) is 4.90 Å². The van der Waals surface area contributed by atoms with Gasteiger partial charge in [-0.1, -0.05) is 0 Å². The molecule has 1 fully saturated rings. The topological polar surface area (TPSA) is 23.5 Å². The third-order valence-corrected chi connectivity index (χ3v) is 2.12. The minimum atomic E-state index is -0.421. The van der Waals surface area contributed by atoms with E-state index < -0.39 is 12.9 Å². The highest BCUT2D eigenvalue weighted by Crippen LogP contribution is 2.19. The Morgan fingerprint density at radius 2 is 2.50 bits per heavy atom. The molecule has 60 valence electrons. The Labute approximate surface area is 60.6 Å². The Morgan fingerprint density at radius 3 is 2.90 bits per heavy atom. The summed E-state index contributed by atoms with van der Waals surface area (Å²) in [6.45, 7) is 2.10. The van der Waals surface area contributed by atoms with Gasteiger partial charge in [0.15, 0.2) is 0 Å². The molecule has 1 rings (SSSR count). The van der Waals surface area contributed by atoms with E-state index in [1.54, 1.807) is 11.8 Å². The molecule has 1 N–H and O–H groups in total. The van der Waals surface area contributed by atoms with Gasteiger partial charge in [0, 0.05) is 12.6 Å². The SMILES string of the molecule is CC(O)C1CCCN1CF. The second-order valence-corrected chi connectivity index (χ2v) is 2.88. The van der Waals surface area contributed by atoms with Gasteiger partial charge in [-0.25, -0.2) is 4.39 Å². The number of hydrogen-bond donors (Lipinski definition) is 1. The quantitative estimate of drug-likeness (QED) is 0.583. The molecule has 0 aromatic carbocycles. The van der Waals surface area contributed by atoms with Gasteiger partial charge in [0.25, 0.3) is 0 Å². The maximum absolute atomic E-state index is 12.1. The van der Waals surface area contributed by atoms with Crippen LogP contribution in [0.4, 0.5) is 4.39 Å². The minimum absolute atomic E-state index is 0.0602. The van der Waals surface area contributed by atoms with E-state index in [1.807, 2.05) is 0 Å². The molecule has 0 aliphatic carbocycles. The van der Waals surface area contributed by atoms with Gasteiger partial charge in [0.05, 0.1) is 6.10 Å². The van der Waals surface area contributed by atoms with E-state index >= 15 is 0 Å². The van der Waals surface area contributed by atoms with Gasteiger partial charge >= 0.3 is 0 Å². The Bertz CT molecular complexity index is 108. The Hall–Kier alpha value is -0.150. The van der Waals surface area contributed by atoms with Gasteiger partial charge in [0.2, 0.25) is 0 Å². The van der Waals surface area contributed by atoms with E-state index in [-0.39, 0.29) is 6.04 Å². The molecular formula is C7H14FNO. The van der Waals surface area contributed by atoms with Crippen LogP contribution in [0.3, 0.4) is 0 Å². The second-order valence-electron chi connectivity index (χ2n) is 2.88. The van der Waals surface area contributed by atoms with Crippen LogP contribution in [0.1, 0.15) is 19.8 Å². The molecule has 2 atom stereocenters. The van der Waals surface area contributed by atoms with Crippen molar-refractivity contribution in [2.45, 2.75) is 31.9 Å². The number of hydrogen-bond acceptors (Lipinski definition) is 2. The minimum Gasteiger partial charge on any atom is -0.392 e. The Morgan fingerprint density at radius 1 is 1.80 bits per heavy atom. The van der Waals surface area contributed by atoms with E-state index in [1.165, 1.54) is 0 Å². The number of alkyl halides is 1. The first-order valence-electron chi connectivity index (χ1n) is 3.74. The van der Waals surface area contributed by atoms with E-state index in [4.69, 9.17) is 5.11 Å². The Kier molecular flexibility index (Phi) is 2.63.